The van der Waals surface area contributed by atoms with E-state index in [1.54, 1.807) is 44.9 Å². The van der Waals surface area contributed by atoms with Crippen LogP contribution < -0.4 is 24.8 Å². The van der Waals surface area contributed by atoms with Gasteiger partial charge in [-0.15, -0.1) is 0 Å². The van der Waals surface area contributed by atoms with Crippen molar-refractivity contribution in [2.24, 2.45) is 0 Å². The lowest BCUT2D eigenvalue weighted by Gasteiger charge is -2.10. The highest BCUT2D eigenvalue weighted by Crippen LogP contribution is 2.29. The van der Waals surface area contributed by atoms with Gasteiger partial charge in [0, 0.05) is 36.6 Å². The molecule has 0 spiro atoms. The summed E-state index contributed by atoms with van der Waals surface area (Å²) in [5.74, 6) is 1.52. The second kappa shape index (κ2) is 12.4. The lowest BCUT2D eigenvalue weighted by molar-refractivity contribution is -0.116. The van der Waals surface area contributed by atoms with Gasteiger partial charge in [0.15, 0.2) is 11.5 Å². The second-order valence-electron chi connectivity index (χ2n) is 8.55. The Bertz CT molecular complexity index is 1380. The predicted molar refractivity (Wildman–Crippen MR) is 145 cm³/mol. The lowest BCUT2D eigenvalue weighted by Crippen LogP contribution is -2.12. The van der Waals surface area contributed by atoms with Crippen LogP contribution in [0.2, 0.25) is 0 Å². The maximum Gasteiger partial charge on any atom is 0.275 e. The normalized spacial score (nSPS) is 10.5. The van der Waals surface area contributed by atoms with Gasteiger partial charge in [-0.2, -0.15) is 0 Å². The molecule has 0 atom stereocenters. The van der Waals surface area contributed by atoms with Crippen LogP contribution in [0, 0.1) is 0 Å². The number of anilines is 2. The number of ether oxygens (including phenoxy) is 3. The van der Waals surface area contributed by atoms with Gasteiger partial charge in [-0.1, -0.05) is 24.3 Å². The van der Waals surface area contributed by atoms with E-state index in [1.165, 1.54) is 7.11 Å². The number of nitrogens with zero attached hydrogens (tertiary/aromatic N) is 2. The Hall–Kier alpha value is -4.79. The monoisotopic (exact) mass is 514 g/mol. The number of carbonyl (C=O) groups is 2. The van der Waals surface area contributed by atoms with E-state index >= 15 is 0 Å². The summed E-state index contributed by atoms with van der Waals surface area (Å²) >= 11 is 0. The van der Waals surface area contributed by atoms with Crippen molar-refractivity contribution in [3.63, 3.8) is 0 Å². The van der Waals surface area contributed by atoms with Crippen molar-refractivity contribution >= 4 is 23.2 Å². The molecule has 0 radical (unpaired) electrons. The highest BCUT2D eigenvalue weighted by molar-refractivity contribution is 6.02. The molecular formula is C29H30N4O5. The molecule has 1 heterocycles. The van der Waals surface area contributed by atoms with Crippen molar-refractivity contribution in [2.45, 2.75) is 19.4 Å². The Morgan fingerprint density at radius 2 is 1.47 bits per heavy atom. The van der Waals surface area contributed by atoms with E-state index in [-0.39, 0.29) is 11.8 Å². The summed E-state index contributed by atoms with van der Waals surface area (Å²) in [6, 6.07) is 20.4. The molecule has 4 rings (SSSR count). The Kier molecular flexibility index (Phi) is 8.61. The fourth-order valence-electron chi connectivity index (χ4n) is 3.85. The number of aryl methyl sites for hydroxylation is 1. The first-order chi connectivity index (χ1) is 18.5. The van der Waals surface area contributed by atoms with Gasteiger partial charge in [0.1, 0.15) is 11.4 Å². The zero-order valence-electron chi connectivity index (χ0n) is 21.6. The number of imidazole rings is 1. The molecule has 1 aromatic heterocycles. The number of nitrogens with one attached hydrogen (secondary N) is 2. The van der Waals surface area contributed by atoms with Crippen LogP contribution in [0.1, 0.15) is 28.0 Å². The molecule has 3 aromatic carbocycles. The third-order valence-corrected chi connectivity index (χ3v) is 5.91. The molecule has 0 aliphatic heterocycles. The molecule has 4 aromatic rings. The van der Waals surface area contributed by atoms with Crippen LogP contribution in [0.5, 0.6) is 17.2 Å². The standard InChI is InChI=1S/C29H30N4O5/c1-36-24-12-6-20(7-13-24)8-15-28(34)31-22-9-4-21(5-10-22)17-33-18-25(30-19-33)29(35)32-23-11-14-26(37-2)27(16-23)38-3/h4-7,9-14,16,18-19H,8,15,17H2,1-3H3,(H,31,34)(H,32,35). The predicted octanol–water partition coefficient (Wildman–Crippen LogP) is 4.78. The van der Waals surface area contributed by atoms with Gasteiger partial charge < -0.3 is 29.4 Å². The van der Waals surface area contributed by atoms with Crippen molar-refractivity contribution in [2.75, 3.05) is 32.0 Å². The first-order valence-corrected chi connectivity index (χ1v) is 12.0. The molecule has 2 N–H and O–H groups in total. The van der Waals surface area contributed by atoms with Gasteiger partial charge in [-0.3, -0.25) is 9.59 Å². The Balaban J connectivity index is 1.28. The minimum absolute atomic E-state index is 0.0479. The first-order valence-electron chi connectivity index (χ1n) is 12.0. The summed E-state index contributed by atoms with van der Waals surface area (Å²) in [6.07, 6.45) is 4.33. The summed E-state index contributed by atoms with van der Waals surface area (Å²) in [5.41, 5.74) is 3.68. The molecule has 2 amide bonds. The third kappa shape index (κ3) is 6.91. The lowest BCUT2D eigenvalue weighted by atomic mass is 10.1. The molecule has 9 heteroatoms. The number of aromatic nitrogens is 2. The van der Waals surface area contributed by atoms with E-state index in [2.05, 4.69) is 15.6 Å². The number of hydrogen-bond acceptors (Lipinski definition) is 6. The van der Waals surface area contributed by atoms with Crippen LogP contribution in [0.4, 0.5) is 11.4 Å². The number of methoxy groups -OCH3 is 3. The number of rotatable bonds is 11. The molecule has 0 unspecified atom stereocenters. The SMILES string of the molecule is COc1ccc(CCC(=O)Nc2ccc(Cn3cnc(C(=O)Nc4ccc(OC)c(OC)c4)c3)cc2)cc1. The number of amides is 2. The molecule has 0 fully saturated rings. The van der Waals surface area contributed by atoms with Gasteiger partial charge in [0.2, 0.25) is 5.91 Å². The quantitative estimate of drug-likeness (QED) is 0.299. The van der Waals surface area contributed by atoms with Gasteiger partial charge in [-0.05, 0) is 53.9 Å². The van der Waals surface area contributed by atoms with Crippen molar-refractivity contribution in [3.05, 3.63) is 96.1 Å². The highest BCUT2D eigenvalue weighted by Gasteiger charge is 2.12. The van der Waals surface area contributed by atoms with Crippen molar-refractivity contribution in [1.29, 1.82) is 0 Å². The Morgan fingerprint density at radius 3 is 2.16 bits per heavy atom. The Morgan fingerprint density at radius 1 is 0.789 bits per heavy atom. The summed E-state index contributed by atoms with van der Waals surface area (Å²) in [4.78, 5) is 29.2. The molecule has 0 saturated heterocycles. The number of hydrogen-bond donors (Lipinski definition) is 2. The molecule has 38 heavy (non-hydrogen) atoms. The maximum absolute atomic E-state index is 12.6. The highest BCUT2D eigenvalue weighted by atomic mass is 16.5. The molecule has 0 saturated carbocycles. The average molecular weight is 515 g/mol. The first kappa shape index (κ1) is 26.3. The van der Waals surface area contributed by atoms with E-state index < -0.39 is 0 Å². The van der Waals surface area contributed by atoms with Crippen molar-refractivity contribution in [3.8, 4) is 17.2 Å². The minimum atomic E-state index is -0.330. The van der Waals surface area contributed by atoms with E-state index in [0.717, 1.165) is 22.6 Å². The molecule has 0 aliphatic rings. The molecule has 196 valence electrons. The van der Waals surface area contributed by atoms with E-state index in [1.807, 2.05) is 53.1 Å². The smallest absolute Gasteiger partial charge is 0.275 e. The molecular weight excluding hydrogens is 484 g/mol. The van der Waals surface area contributed by atoms with Crippen LogP contribution in [0.3, 0.4) is 0 Å². The van der Waals surface area contributed by atoms with E-state index in [4.69, 9.17) is 14.2 Å². The van der Waals surface area contributed by atoms with Crippen molar-refractivity contribution in [1.82, 2.24) is 9.55 Å². The molecule has 0 bridgehead atoms. The fourth-order valence-corrected chi connectivity index (χ4v) is 3.85. The van der Waals surface area contributed by atoms with Gasteiger partial charge in [0.05, 0.1) is 27.7 Å². The van der Waals surface area contributed by atoms with E-state index in [9.17, 15) is 9.59 Å². The van der Waals surface area contributed by atoms with Crippen LogP contribution in [0.15, 0.2) is 79.3 Å². The molecule has 0 aliphatic carbocycles. The summed E-state index contributed by atoms with van der Waals surface area (Å²) < 4.78 is 17.5. The fraction of sp³-hybridized carbons (Fsp3) is 0.207. The van der Waals surface area contributed by atoms with E-state index in [0.29, 0.717) is 42.3 Å². The summed E-state index contributed by atoms with van der Waals surface area (Å²) in [5, 5.41) is 5.75. The minimum Gasteiger partial charge on any atom is -0.497 e. The van der Waals surface area contributed by atoms with Gasteiger partial charge in [-0.25, -0.2) is 4.98 Å². The van der Waals surface area contributed by atoms with Gasteiger partial charge >= 0.3 is 0 Å². The zero-order valence-corrected chi connectivity index (χ0v) is 21.6. The third-order valence-electron chi connectivity index (χ3n) is 5.91. The van der Waals surface area contributed by atoms with Crippen LogP contribution in [-0.2, 0) is 17.8 Å². The maximum atomic E-state index is 12.6. The average Bonchev–Trinajstić information content (AvgIpc) is 3.42. The topological polar surface area (TPSA) is 104 Å². The summed E-state index contributed by atoms with van der Waals surface area (Å²) in [7, 11) is 4.72. The van der Waals surface area contributed by atoms with Crippen LogP contribution >= 0.6 is 0 Å². The van der Waals surface area contributed by atoms with Crippen LogP contribution in [0.25, 0.3) is 0 Å². The van der Waals surface area contributed by atoms with Crippen LogP contribution in [-0.4, -0.2) is 42.7 Å². The number of benzene rings is 3. The Labute approximate surface area is 221 Å². The largest absolute Gasteiger partial charge is 0.497 e. The zero-order chi connectivity index (χ0) is 26.9. The van der Waals surface area contributed by atoms with Crippen molar-refractivity contribution < 1.29 is 23.8 Å². The van der Waals surface area contributed by atoms with Gasteiger partial charge in [0.25, 0.3) is 5.91 Å². The molecule has 9 nitrogen and oxygen atoms in total. The summed E-state index contributed by atoms with van der Waals surface area (Å²) in [6.45, 7) is 0.530. The second-order valence-corrected chi connectivity index (χ2v) is 8.55. The number of carbonyl (C=O) groups excluding carboxylic acids is 2.